The minimum atomic E-state index is -3.58. The number of benzene rings is 2. The van der Waals surface area contributed by atoms with E-state index in [0.717, 1.165) is 0 Å². The van der Waals surface area contributed by atoms with Crippen LogP contribution in [0.25, 0.3) is 0 Å². The van der Waals surface area contributed by atoms with Gasteiger partial charge in [0.15, 0.2) is 0 Å². The lowest BCUT2D eigenvalue weighted by Gasteiger charge is -1.96. The van der Waals surface area contributed by atoms with E-state index in [1.807, 2.05) is 18.2 Å². The molecule has 0 aliphatic heterocycles. The van der Waals surface area contributed by atoms with Crippen LogP contribution in [0, 0.1) is 6.92 Å². The summed E-state index contributed by atoms with van der Waals surface area (Å²) in [5.74, 6) is 0. The highest BCUT2D eigenvalue weighted by Crippen LogP contribution is 2.08. The van der Waals surface area contributed by atoms with Crippen LogP contribution in [0.2, 0.25) is 0 Å². The van der Waals surface area contributed by atoms with Crippen molar-refractivity contribution in [3.8, 4) is 0 Å². The standard InChI is InChI=1S/C7H8.C6H8N2O2S/c1-7-5-3-2-4-6-7;7-5-1-3-6(4-2-5)11(8,9)10/h2-6H,1H3;1-4H,7H2,(H2,8,9,10). The summed E-state index contributed by atoms with van der Waals surface area (Å²) in [7, 11) is -3.58. The minimum Gasteiger partial charge on any atom is -0.399 e. The highest BCUT2D eigenvalue weighted by Gasteiger charge is 2.04. The maximum Gasteiger partial charge on any atom is 0.238 e. The summed E-state index contributed by atoms with van der Waals surface area (Å²) in [5, 5.41) is 4.84. The summed E-state index contributed by atoms with van der Waals surface area (Å²) in [6, 6.07) is 16.0. The van der Waals surface area contributed by atoms with Crippen LogP contribution in [0.4, 0.5) is 5.69 Å². The van der Waals surface area contributed by atoms with Crippen molar-refractivity contribution < 1.29 is 8.42 Å². The number of hydrogen-bond donors (Lipinski definition) is 2. The zero-order valence-electron chi connectivity index (χ0n) is 10.1. The van der Waals surface area contributed by atoms with E-state index in [-0.39, 0.29) is 4.90 Å². The Bertz CT molecular complexity index is 578. The van der Waals surface area contributed by atoms with Gasteiger partial charge in [-0.2, -0.15) is 0 Å². The lowest BCUT2D eigenvalue weighted by atomic mass is 10.2. The number of nitrogens with two attached hydrogens (primary N) is 2. The molecule has 18 heavy (non-hydrogen) atoms. The smallest absolute Gasteiger partial charge is 0.238 e. The Balaban J connectivity index is 0.000000199. The fourth-order valence-electron chi connectivity index (χ4n) is 1.19. The van der Waals surface area contributed by atoms with Gasteiger partial charge in [-0.1, -0.05) is 35.9 Å². The zero-order valence-corrected chi connectivity index (χ0v) is 10.9. The molecule has 0 aliphatic rings. The largest absolute Gasteiger partial charge is 0.399 e. The molecule has 4 nitrogen and oxygen atoms in total. The van der Waals surface area contributed by atoms with Crippen LogP contribution in [-0.2, 0) is 10.0 Å². The van der Waals surface area contributed by atoms with E-state index in [4.69, 9.17) is 10.9 Å². The molecular formula is C13H16N2O2S. The summed E-state index contributed by atoms with van der Waals surface area (Å²) in [6.45, 7) is 2.08. The van der Waals surface area contributed by atoms with Crippen molar-refractivity contribution in [2.75, 3.05) is 5.73 Å². The van der Waals surface area contributed by atoms with Crippen LogP contribution < -0.4 is 10.9 Å². The molecule has 0 radical (unpaired) electrons. The average molecular weight is 264 g/mol. The quantitative estimate of drug-likeness (QED) is 0.771. The van der Waals surface area contributed by atoms with E-state index in [9.17, 15) is 8.42 Å². The minimum absolute atomic E-state index is 0.0756. The Morgan fingerprint density at radius 2 is 1.39 bits per heavy atom. The number of sulfonamides is 1. The lowest BCUT2D eigenvalue weighted by Crippen LogP contribution is -2.11. The van der Waals surface area contributed by atoms with Gasteiger partial charge in [0.05, 0.1) is 4.90 Å². The molecule has 96 valence electrons. The second kappa shape index (κ2) is 6.18. The molecule has 0 spiro atoms. The summed E-state index contributed by atoms with van der Waals surface area (Å²) < 4.78 is 21.4. The van der Waals surface area contributed by atoms with Crippen molar-refractivity contribution in [2.24, 2.45) is 5.14 Å². The highest BCUT2D eigenvalue weighted by molar-refractivity contribution is 7.89. The highest BCUT2D eigenvalue weighted by atomic mass is 32.2. The molecular weight excluding hydrogens is 248 g/mol. The summed E-state index contributed by atoms with van der Waals surface area (Å²) in [5.41, 5.74) is 7.17. The van der Waals surface area contributed by atoms with Gasteiger partial charge in [-0.15, -0.1) is 0 Å². The molecule has 0 bridgehead atoms. The summed E-state index contributed by atoms with van der Waals surface area (Å²) in [6.07, 6.45) is 0. The fraction of sp³-hybridized carbons (Fsp3) is 0.0769. The molecule has 2 aromatic rings. The first-order valence-electron chi connectivity index (χ1n) is 5.29. The number of aryl methyl sites for hydroxylation is 1. The van der Waals surface area contributed by atoms with Crippen molar-refractivity contribution in [2.45, 2.75) is 11.8 Å². The topological polar surface area (TPSA) is 86.2 Å². The van der Waals surface area contributed by atoms with Crippen molar-refractivity contribution in [3.63, 3.8) is 0 Å². The van der Waals surface area contributed by atoms with Gasteiger partial charge in [0.1, 0.15) is 0 Å². The van der Waals surface area contributed by atoms with E-state index in [0.29, 0.717) is 5.69 Å². The second-order valence-electron chi connectivity index (χ2n) is 3.77. The van der Waals surface area contributed by atoms with Crippen LogP contribution in [-0.4, -0.2) is 8.42 Å². The number of anilines is 1. The monoisotopic (exact) mass is 264 g/mol. The Morgan fingerprint density at radius 1 is 0.889 bits per heavy atom. The zero-order chi connectivity index (χ0) is 13.6. The number of rotatable bonds is 1. The third kappa shape index (κ3) is 4.99. The molecule has 0 saturated heterocycles. The van der Waals surface area contributed by atoms with Crippen LogP contribution in [0.5, 0.6) is 0 Å². The first-order chi connectivity index (χ1) is 8.39. The first-order valence-corrected chi connectivity index (χ1v) is 6.84. The molecule has 0 heterocycles. The summed E-state index contributed by atoms with van der Waals surface area (Å²) >= 11 is 0. The molecule has 0 fully saturated rings. The van der Waals surface area contributed by atoms with Gasteiger partial charge in [0, 0.05) is 5.69 Å². The number of primary sulfonamides is 1. The average Bonchev–Trinajstić information content (AvgIpc) is 2.30. The van der Waals surface area contributed by atoms with Crippen molar-refractivity contribution >= 4 is 15.7 Å². The first kappa shape index (κ1) is 14.2. The molecule has 0 unspecified atom stereocenters. The van der Waals surface area contributed by atoms with Crippen LogP contribution >= 0.6 is 0 Å². The molecule has 0 saturated carbocycles. The van der Waals surface area contributed by atoms with Crippen LogP contribution in [0.15, 0.2) is 59.5 Å². The predicted octanol–water partition coefficient (Wildman–Crippen LogP) is 1.91. The lowest BCUT2D eigenvalue weighted by molar-refractivity contribution is 0.598. The number of nitrogen functional groups attached to an aromatic ring is 1. The van der Waals surface area contributed by atoms with Gasteiger partial charge in [0.25, 0.3) is 0 Å². The van der Waals surface area contributed by atoms with Gasteiger partial charge >= 0.3 is 0 Å². The Labute approximate surface area is 107 Å². The van der Waals surface area contributed by atoms with E-state index in [1.54, 1.807) is 0 Å². The Hall–Kier alpha value is -1.85. The van der Waals surface area contributed by atoms with Crippen LogP contribution in [0.3, 0.4) is 0 Å². The fourth-order valence-corrected chi connectivity index (χ4v) is 1.71. The molecule has 0 aromatic heterocycles. The van der Waals surface area contributed by atoms with Gasteiger partial charge < -0.3 is 5.73 Å². The Morgan fingerprint density at radius 3 is 1.72 bits per heavy atom. The molecule has 0 aliphatic carbocycles. The maximum absolute atomic E-state index is 10.7. The van der Waals surface area contributed by atoms with Crippen molar-refractivity contribution in [1.82, 2.24) is 0 Å². The van der Waals surface area contributed by atoms with Crippen molar-refractivity contribution in [3.05, 3.63) is 60.2 Å². The normalized spacial score (nSPS) is 10.3. The van der Waals surface area contributed by atoms with E-state index >= 15 is 0 Å². The molecule has 2 aromatic carbocycles. The van der Waals surface area contributed by atoms with E-state index in [2.05, 4.69) is 19.1 Å². The van der Waals surface area contributed by atoms with Gasteiger partial charge in [-0.05, 0) is 31.2 Å². The predicted molar refractivity (Wildman–Crippen MR) is 73.4 cm³/mol. The second-order valence-corrected chi connectivity index (χ2v) is 5.33. The maximum atomic E-state index is 10.7. The molecule has 2 rings (SSSR count). The van der Waals surface area contributed by atoms with E-state index < -0.39 is 10.0 Å². The van der Waals surface area contributed by atoms with Gasteiger partial charge in [0.2, 0.25) is 10.0 Å². The third-order valence-electron chi connectivity index (χ3n) is 2.15. The molecule has 5 heteroatoms. The summed E-state index contributed by atoms with van der Waals surface area (Å²) in [4.78, 5) is 0.0756. The number of hydrogen-bond acceptors (Lipinski definition) is 3. The van der Waals surface area contributed by atoms with Crippen molar-refractivity contribution in [1.29, 1.82) is 0 Å². The van der Waals surface area contributed by atoms with Crippen LogP contribution in [0.1, 0.15) is 5.56 Å². The molecule has 0 amide bonds. The third-order valence-corrected chi connectivity index (χ3v) is 3.08. The Kier molecular flexibility index (Phi) is 4.88. The van der Waals surface area contributed by atoms with Gasteiger partial charge in [-0.25, -0.2) is 13.6 Å². The molecule has 4 N–H and O–H groups in total. The SMILES string of the molecule is Cc1ccccc1.Nc1ccc(S(N)(=O)=O)cc1. The van der Waals surface area contributed by atoms with Gasteiger partial charge in [-0.3, -0.25) is 0 Å². The van der Waals surface area contributed by atoms with E-state index in [1.165, 1.54) is 29.8 Å². The molecule has 0 atom stereocenters.